The standard InChI is InChI=1S/C11H15N3O2S/c12-11-13-6-9(17-11)7-14-3-1-8(2-4-14)5-10(15)16/h5-6H,1-4,7H2,(H2,12,13)(H,15,16). The molecule has 1 fully saturated rings. The Morgan fingerprint density at radius 3 is 2.82 bits per heavy atom. The molecule has 0 atom stereocenters. The first kappa shape index (κ1) is 12.1. The van der Waals surface area contributed by atoms with Crippen LogP contribution in [0, 0.1) is 0 Å². The minimum atomic E-state index is -0.844. The molecule has 1 aliphatic rings. The summed E-state index contributed by atoms with van der Waals surface area (Å²) in [5, 5.41) is 9.26. The summed E-state index contributed by atoms with van der Waals surface area (Å²) < 4.78 is 0. The van der Waals surface area contributed by atoms with Gasteiger partial charge in [0, 0.05) is 36.8 Å². The normalized spacial score (nSPS) is 17.1. The molecule has 1 aromatic rings. The Hall–Kier alpha value is -1.40. The van der Waals surface area contributed by atoms with Gasteiger partial charge in [0.1, 0.15) is 0 Å². The third kappa shape index (κ3) is 3.54. The van der Waals surface area contributed by atoms with E-state index in [1.54, 1.807) is 0 Å². The van der Waals surface area contributed by atoms with E-state index in [0.717, 1.165) is 42.9 Å². The number of nitrogen functional groups attached to an aromatic ring is 1. The molecule has 1 aromatic heterocycles. The summed E-state index contributed by atoms with van der Waals surface area (Å²) in [5.41, 5.74) is 6.60. The zero-order valence-corrected chi connectivity index (χ0v) is 10.2. The molecule has 0 aliphatic carbocycles. The van der Waals surface area contributed by atoms with Crippen LogP contribution < -0.4 is 5.73 Å². The van der Waals surface area contributed by atoms with Crippen LogP contribution in [0.5, 0.6) is 0 Å². The van der Waals surface area contributed by atoms with Crippen LogP contribution in [0.25, 0.3) is 0 Å². The monoisotopic (exact) mass is 253 g/mol. The molecule has 2 heterocycles. The number of rotatable bonds is 3. The Labute approximate surface area is 104 Å². The largest absolute Gasteiger partial charge is 0.478 e. The predicted octanol–water partition coefficient (Wildman–Crippen LogP) is 1.33. The van der Waals surface area contributed by atoms with Crippen molar-refractivity contribution in [1.82, 2.24) is 9.88 Å². The highest BCUT2D eigenvalue weighted by molar-refractivity contribution is 7.15. The zero-order chi connectivity index (χ0) is 12.3. The second kappa shape index (κ2) is 5.29. The quantitative estimate of drug-likeness (QED) is 0.794. The first-order valence-corrected chi connectivity index (χ1v) is 6.30. The van der Waals surface area contributed by atoms with Crippen molar-refractivity contribution in [3.05, 3.63) is 22.7 Å². The van der Waals surface area contributed by atoms with E-state index in [4.69, 9.17) is 10.8 Å². The number of thiazole rings is 1. The first-order valence-electron chi connectivity index (χ1n) is 5.48. The van der Waals surface area contributed by atoms with E-state index >= 15 is 0 Å². The van der Waals surface area contributed by atoms with Gasteiger partial charge in [-0.05, 0) is 12.8 Å². The molecule has 3 N–H and O–H groups in total. The van der Waals surface area contributed by atoms with Crippen LogP contribution in [0.1, 0.15) is 17.7 Å². The third-order valence-electron chi connectivity index (χ3n) is 2.78. The number of carboxylic acids is 1. The topological polar surface area (TPSA) is 79.5 Å². The van der Waals surface area contributed by atoms with Gasteiger partial charge >= 0.3 is 5.97 Å². The molecule has 0 radical (unpaired) electrons. The Morgan fingerprint density at radius 1 is 1.59 bits per heavy atom. The first-order chi connectivity index (χ1) is 8.13. The molecular formula is C11H15N3O2S. The van der Waals surface area contributed by atoms with Crippen molar-refractivity contribution in [3.8, 4) is 0 Å². The van der Waals surface area contributed by atoms with Gasteiger partial charge in [-0.1, -0.05) is 5.57 Å². The molecule has 6 heteroatoms. The van der Waals surface area contributed by atoms with Gasteiger partial charge in [0.05, 0.1) is 0 Å². The lowest BCUT2D eigenvalue weighted by molar-refractivity contribution is -0.131. The highest BCUT2D eigenvalue weighted by Gasteiger charge is 2.15. The van der Waals surface area contributed by atoms with Gasteiger partial charge in [-0.15, -0.1) is 11.3 Å². The summed E-state index contributed by atoms with van der Waals surface area (Å²) in [4.78, 5) is 18.0. The third-order valence-corrected chi connectivity index (χ3v) is 3.59. The second-order valence-corrected chi connectivity index (χ2v) is 5.23. The van der Waals surface area contributed by atoms with E-state index in [-0.39, 0.29) is 0 Å². The maximum absolute atomic E-state index is 10.5. The average Bonchev–Trinajstić information content (AvgIpc) is 2.66. The van der Waals surface area contributed by atoms with Gasteiger partial charge in [-0.2, -0.15) is 0 Å². The summed E-state index contributed by atoms with van der Waals surface area (Å²) >= 11 is 1.51. The molecule has 0 saturated carbocycles. The van der Waals surface area contributed by atoms with Gasteiger partial charge in [-0.3, -0.25) is 4.90 Å². The molecule has 0 aromatic carbocycles. The molecule has 0 unspecified atom stereocenters. The van der Waals surface area contributed by atoms with Gasteiger partial charge < -0.3 is 10.8 Å². The molecule has 1 saturated heterocycles. The molecule has 1 aliphatic heterocycles. The summed E-state index contributed by atoms with van der Waals surface area (Å²) in [7, 11) is 0. The minimum absolute atomic E-state index is 0.600. The molecule has 0 amide bonds. The summed E-state index contributed by atoms with van der Waals surface area (Å²) in [6.07, 6.45) is 4.81. The van der Waals surface area contributed by atoms with E-state index < -0.39 is 5.97 Å². The number of hydrogen-bond acceptors (Lipinski definition) is 5. The van der Waals surface area contributed by atoms with E-state index in [1.165, 1.54) is 17.4 Å². The number of aliphatic carboxylic acids is 1. The Bertz CT molecular complexity index is 432. The van der Waals surface area contributed by atoms with Crippen molar-refractivity contribution in [2.45, 2.75) is 19.4 Å². The van der Waals surface area contributed by atoms with Crippen LogP contribution in [-0.2, 0) is 11.3 Å². The number of piperidine rings is 1. The highest BCUT2D eigenvalue weighted by Crippen LogP contribution is 2.21. The number of carbonyl (C=O) groups is 1. The number of hydrogen-bond donors (Lipinski definition) is 2. The number of nitrogens with zero attached hydrogens (tertiary/aromatic N) is 2. The van der Waals surface area contributed by atoms with Crippen molar-refractivity contribution in [1.29, 1.82) is 0 Å². The number of likely N-dealkylation sites (tertiary alicyclic amines) is 1. The van der Waals surface area contributed by atoms with E-state index in [0.29, 0.717) is 5.13 Å². The van der Waals surface area contributed by atoms with E-state index in [9.17, 15) is 4.79 Å². The summed E-state index contributed by atoms with van der Waals surface area (Å²) in [6, 6.07) is 0. The highest BCUT2D eigenvalue weighted by atomic mass is 32.1. The molecular weight excluding hydrogens is 238 g/mol. The van der Waals surface area contributed by atoms with Gasteiger partial charge in [0.2, 0.25) is 0 Å². The molecule has 92 valence electrons. The average molecular weight is 253 g/mol. The minimum Gasteiger partial charge on any atom is -0.478 e. The lowest BCUT2D eigenvalue weighted by Gasteiger charge is -2.27. The SMILES string of the molecule is Nc1ncc(CN2CCC(=CC(=O)O)CC2)s1. The second-order valence-electron chi connectivity index (χ2n) is 4.08. The van der Waals surface area contributed by atoms with Crippen LogP contribution in [0.3, 0.4) is 0 Å². The number of carboxylic acid groups (broad SMARTS) is 1. The molecule has 5 nitrogen and oxygen atoms in total. The van der Waals surface area contributed by atoms with Crippen molar-refractivity contribution in [2.75, 3.05) is 18.8 Å². The van der Waals surface area contributed by atoms with Crippen molar-refractivity contribution >= 4 is 22.4 Å². The fraction of sp³-hybridized carbons (Fsp3) is 0.455. The Morgan fingerprint density at radius 2 is 2.29 bits per heavy atom. The van der Waals surface area contributed by atoms with Crippen LogP contribution in [0.4, 0.5) is 5.13 Å². The number of nitrogens with two attached hydrogens (primary N) is 1. The molecule has 17 heavy (non-hydrogen) atoms. The number of anilines is 1. The predicted molar refractivity (Wildman–Crippen MR) is 66.8 cm³/mol. The van der Waals surface area contributed by atoms with E-state index in [1.807, 2.05) is 6.20 Å². The van der Waals surface area contributed by atoms with Crippen molar-refractivity contribution < 1.29 is 9.90 Å². The molecule has 0 bridgehead atoms. The van der Waals surface area contributed by atoms with Crippen LogP contribution in [0.15, 0.2) is 17.8 Å². The maximum atomic E-state index is 10.5. The Balaban J connectivity index is 1.85. The smallest absolute Gasteiger partial charge is 0.328 e. The van der Waals surface area contributed by atoms with Gasteiger partial charge in [0.15, 0.2) is 5.13 Å². The van der Waals surface area contributed by atoms with Crippen LogP contribution in [-0.4, -0.2) is 34.0 Å². The van der Waals surface area contributed by atoms with Crippen LogP contribution in [0.2, 0.25) is 0 Å². The fourth-order valence-corrected chi connectivity index (χ4v) is 2.66. The lowest BCUT2D eigenvalue weighted by atomic mass is 10.0. The van der Waals surface area contributed by atoms with Crippen molar-refractivity contribution in [2.24, 2.45) is 0 Å². The lowest BCUT2D eigenvalue weighted by Crippen LogP contribution is -2.30. The van der Waals surface area contributed by atoms with Crippen molar-refractivity contribution in [3.63, 3.8) is 0 Å². The molecule has 2 rings (SSSR count). The maximum Gasteiger partial charge on any atom is 0.328 e. The van der Waals surface area contributed by atoms with Crippen LogP contribution >= 0.6 is 11.3 Å². The van der Waals surface area contributed by atoms with E-state index in [2.05, 4.69) is 9.88 Å². The Kier molecular flexibility index (Phi) is 3.75. The van der Waals surface area contributed by atoms with Gasteiger partial charge in [0.25, 0.3) is 0 Å². The number of aromatic nitrogens is 1. The molecule has 0 spiro atoms. The summed E-state index contributed by atoms with van der Waals surface area (Å²) in [5.74, 6) is -0.844. The zero-order valence-electron chi connectivity index (χ0n) is 9.43. The summed E-state index contributed by atoms with van der Waals surface area (Å²) in [6.45, 7) is 2.66. The fourth-order valence-electron chi connectivity index (χ4n) is 1.93. The van der Waals surface area contributed by atoms with Gasteiger partial charge in [-0.25, -0.2) is 9.78 Å².